The molecule has 0 fully saturated rings. The molecule has 0 saturated carbocycles. The Morgan fingerprint density at radius 1 is 1.11 bits per heavy atom. The number of aliphatic imine (C=N–C) groups is 1. The maximum atomic E-state index is 4.71. The number of fused-ring (bicyclic) bond motifs is 1. The van der Waals surface area contributed by atoms with Crippen molar-refractivity contribution in [3.63, 3.8) is 0 Å². The Bertz CT molecular complexity index is 881. The third kappa shape index (κ3) is 4.84. The Labute approximate surface area is 160 Å². The first-order valence-electron chi connectivity index (χ1n) is 9.63. The van der Waals surface area contributed by atoms with E-state index in [4.69, 9.17) is 4.99 Å². The lowest BCUT2D eigenvalue weighted by Crippen LogP contribution is -2.38. The number of rotatable bonds is 7. The van der Waals surface area contributed by atoms with Gasteiger partial charge in [0, 0.05) is 25.7 Å². The lowest BCUT2D eigenvalue weighted by atomic mass is 10.1. The summed E-state index contributed by atoms with van der Waals surface area (Å²) >= 11 is 0. The van der Waals surface area contributed by atoms with E-state index in [0.29, 0.717) is 6.54 Å². The molecular formula is C21H28N6. The van der Waals surface area contributed by atoms with Gasteiger partial charge in [0.15, 0.2) is 11.6 Å². The molecule has 6 heteroatoms. The van der Waals surface area contributed by atoms with Crippen molar-refractivity contribution in [3.8, 4) is 0 Å². The molecule has 0 aliphatic rings. The zero-order chi connectivity index (χ0) is 19.1. The topological polar surface area (TPSA) is 66.6 Å². The average Bonchev–Trinajstić information content (AvgIpc) is 3.11. The molecule has 3 aromatic rings. The van der Waals surface area contributed by atoms with Crippen molar-refractivity contribution in [1.82, 2.24) is 25.2 Å². The zero-order valence-electron chi connectivity index (χ0n) is 16.3. The summed E-state index contributed by atoms with van der Waals surface area (Å²) in [4.78, 5) is 4.71. The molecule has 0 amide bonds. The predicted molar refractivity (Wildman–Crippen MR) is 110 cm³/mol. The molecule has 0 aliphatic heterocycles. The van der Waals surface area contributed by atoms with E-state index in [0.717, 1.165) is 36.8 Å². The van der Waals surface area contributed by atoms with Crippen LogP contribution in [0.25, 0.3) is 5.65 Å². The normalized spacial score (nSPS) is 12.9. The van der Waals surface area contributed by atoms with Gasteiger partial charge in [-0.1, -0.05) is 37.3 Å². The van der Waals surface area contributed by atoms with E-state index in [1.165, 1.54) is 11.1 Å². The van der Waals surface area contributed by atoms with Crippen LogP contribution in [0.4, 0.5) is 0 Å². The third-order valence-electron chi connectivity index (χ3n) is 4.58. The third-order valence-corrected chi connectivity index (χ3v) is 4.58. The number of hydrogen-bond donors (Lipinski definition) is 2. The van der Waals surface area contributed by atoms with Crippen molar-refractivity contribution < 1.29 is 0 Å². The first-order valence-corrected chi connectivity index (χ1v) is 9.63. The van der Waals surface area contributed by atoms with E-state index in [1.54, 1.807) is 0 Å². The minimum absolute atomic E-state index is 0.183. The van der Waals surface area contributed by atoms with Gasteiger partial charge in [-0.15, -0.1) is 10.2 Å². The summed E-state index contributed by atoms with van der Waals surface area (Å²) in [5.41, 5.74) is 3.47. The Hall–Kier alpha value is -2.89. The molecule has 0 aliphatic carbocycles. The van der Waals surface area contributed by atoms with Crippen LogP contribution in [0.1, 0.15) is 43.8 Å². The molecule has 6 nitrogen and oxygen atoms in total. The van der Waals surface area contributed by atoms with Crippen molar-refractivity contribution in [1.29, 1.82) is 0 Å². The molecule has 1 aromatic carbocycles. The molecule has 3 rings (SSSR count). The Morgan fingerprint density at radius 2 is 1.93 bits per heavy atom. The number of nitrogens with zero attached hydrogens (tertiary/aromatic N) is 4. The molecule has 2 heterocycles. The second-order valence-electron chi connectivity index (χ2n) is 6.52. The molecular weight excluding hydrogens is 336 g/mol. The first kappa shape index (κ1) is 18.9. The van der Waals surface area contributed by atoms with Crippen LogP contribution in [0.3, 0.4) is 0 Å². The molecule has 0 bridgehead atoms. The highest BCUT2D eigenvalue weighted by molar-refractivity contribution is 5.80. The summed E-state index contributed by atoms with van der Waals surface area (Å²) in [5, 5.41) is 15.3. The first-order chi connectivity index (χ1) is 13.2. The number of benzene rings is 1. The summed E-state index contributed by atoms with van der Waals surface area (Å²) in [5.74, 6) is 1.74. The molecule has 2 aromatic heterocycles. The van der Waals surface area contributed by atoms with Gasteiger partial charge in [0.1, 0.15) is 5.82 Å². The van der Waals surface area contributed by atoms with E-state index in [-0.39, 0.29) is 6.04 Å². The summed E-state index contributed by atoms with van der Waals surface area (Å²) in [6, 6.07) is 14.8. The van der Waals surface area contributed by atoms with Gasteiger partial charge in [0.25, 0.3) is 0 Å². The number of hydrogen-bond acceptors (Lipinski definition) is 3. The van der Waals surface area contributed by atoms with Gasteiger partial charge in [-0.3, -0.25) is 9.39 Å². The molecule has 0 spiro atoms. The number of pyridine rings is 1. The number of nitrogens with one attached hydrogen (secondary N) is 2. The highest BCUT2D eigenvalue weighted by Gasteiger charge is 2.08. The fourth-order valence-corrected chi connectivity index (χ4v) is 2.98. The number of aromatic nitrogens is 3. The van der Waals surface area contributed by atoms with Crippen LogP contribution < -0.4 is 10.6 Å². The molecule has 142 valence electrons. The fourth-order valence-electron chi connectivity index (χ4n) is 2.98. The Kier molecular flexibility index (Phi) is 6.41. The SMILES string of the molecule is CCNC(=NCCc1nnc2ccccn12)NC(C)c1ccc(CC)cc1. The van der Waals surface area contributed by atoms with Crippen LogP contribution in [0.5, 0.6) is 0 Å². The molecule has 0 saturated heterocycles. The summed E-state index contributed by atoms with van der Waals surface area (Å²) in [6.45, 7) is 7.86. The second-order valence-corrected chi connectivity index (χ2v) is 6.52. The van der Waals surface area contributed by atoms with Crippen LogP contribution in [-0.4, -0.2) is 33.6 Å². The van der Waals surface area contributed by atoms with Gasteiger partial charge in [-0.2, -0.15) is 0 Å². The van der Waals surface area contributed by atoms with Crippen LogP contribution in [0.2, 0.25) is 0 Å². The summed E-state index contributed by atoms with van der Waals surface area (Å²) in [7, 11) is 0. The minimum atomic E-state index is 0.183. The second kappa shape index (κ2) is 9.16. The zero-order valence-corrected chi connectivity index (χ0v) is 16.3. The Morgan fingerprint density at radius 3 is 2.67 bits per heavy atom. The molecule has 1 unspecified atom stereocenters. The van der Waals surface area contributed by atoms with Crippen LogP contribution in [-0.2, 0) is 12.8 Å². The number of guanidine groups is 1. The fraction of sp³-hybridized carbons (Fsp3) is 0.381. The van der Waals surface area contributed by atoms with Gasteiger partial charge in [0.05, 0.1) is 6.04 Å². The van der Waals surface area contributed by atoms with Crippen molar-refractivity contribution in [2.75, 3.05) is 13.1 Å². The van der Waals surface area contributed by atoms with Crippen LogP contribution in [0, 0.1) is 0 Å². The van der Waals surface area contributed by atoms with Crippen LogP contribution in [0.15, 0.2) is 53.7 Å². The predicted octanol–water partition coefficient (Wildman–Crippen LogP) is 3.15. The van der Waals surface area contributed by atoms with Gasteiger partial charge in [-0.25, -0.2) is 0 Å². The lowest BCUT2D eigenvalue weighted by Gasteiger charge is -2.18. The van der Waals surface area contributed by atoms with Gasteiger partial charge in [0.2, 0.25) is 0 Å². The van der Waals surface area contributed by atoms with Gasteiger partial charge < -0.3 is 10.6 Å². The monoisotopic (exact) mass is 364 g/mol. The van der Waals surface area contributed by atoms with E-state index >= 15 is 0 Å². The standard InChI is InChI=1S/C21H28N6/c1-4-17-9-11-18(12-10-17)16(3)24-21(22-5-2)23-14-13-20-26-25-19-8-6-7-15-27(19)20/h6-12,15-16H,4-5,13-14H2,1-3H3,(H2,22,23,24). The van der Waals surface area contributed by atoms with Crippen molar-refractivity contribution in [2.24, 2.45) is 4.99 Å². The van der Waals surface area contributed by atoms with E-state index in [9.17, 15) is 0 Å². The molecule has 0 radical (unpaired) electrons. The highest BCUT2D eigenvalue weighted by Crippen LogP contribution is 2.13. The van der Waals surface area contributed by atoms with Gasteiger partial charge in [-0.05, 0) is 43.5 Å². The van der Waals surface area contributed by atoms with Crippen molar-refractivity contribution >= 4 is 11.6 Å². The van der Waals surface area contributed by atoms with E-state index in [1.807, 2.05) is 28.8 Å². The molecule has 27 heavy (non-hydrogen) atoms. The largest absolute Gasteiger partial charge is 0.357 e. The van der Waals surface area contributed by atoms with Crippen molar-refractivity contribution in [2.45, 2.75) is 39.7 Å². The van der Waals surface area contributed by atoms with E-state index < -0.39 is 0 Å². The highest BCUT2D eigenvalue weighted by atomic mass is 15.2. The maximum absolute atomic E-state index is 4.71. The quantitative estimate of drug-likeness (QED) is 0.499. The van der Waals surface area contributed by atoms with Gasteiger partial charge >= 0.3 is 0 Å². The molecule has 2 N–H and O–H groups in total. The minimum Gasteiger partial charge on any atom is -0.357 e. The number of aryl methyl sites for hydroxylation is 1. The maximum Gasteiger partial charge on any atom is 0.191 e. The summed E-state index contributed by atoms with van der Waals surface area (Å²) < 4.78 is 2.01. The summed E-state index contributed by atoms with van der Waals surface area (Å²) in [6.07, 6.45) is 3.78. The smallest absolute Gasteiger partial charge is 0.191 e. The Balaban J connectivity index is 1.63. The molecule has 1 atom stereocenters. The van der Waals surface area contributed by atoms with Crippen LogP contribution >= 0.6 is 0 Å². The average molecular weight is 364 g/mol. The lowest BCUT2D eigenvalue weighted by molar-refractivity contribution is 0.684. The van der Waals surface area contributed by atoms with E-state index in [2.05, 4.69) is 65.9 Å². The van der Waals surface area contributed by atoms with Crippen molar-refractivity contribution in [3.05, 3.63) is 65.6 Å².